The summed E-state index contributed by atoms with van der Waals surface area (Å²) in [6, 6.07) is 1.25. The van der Waals surface area contributed by atoms with Crippen molar-refractivity contribution in [2.75, 3.05) is 20.2 Å². The molecule has 0 radical (unpaired) electrons. The third-order valence-corrected chi connectivity index (χ3v) is 5.04. The van der Waals surface area contributed by atoms with Crippen LogP contribution < -0.4 is 5.32 Å². The molecule has 1 heterocycles. The van der Waals surface area contributed by atoms with Crippen molar-refractivity contribution < 1.29 is 9.53 Å². The molecule has 2 unspecified atom stereocenters. The van der Waals surface area contributed by atoms with Gasteiger partial charge in [0.2, 0.25) is 0 Å². The lowest BCUT2D eigenvalue weighted by molar-refractivity contribution is -0.148. The molecular weight excluding hydrogens is 264 g/mol. The number of hydrogen-bond acceptors (Lipinski definition) is 4. The molecule has 2 fully saturated rings. The van der Waals surface area contributed by atoms with Crippen LogP contribution in [-0.4, -0.2) is 48.7 Å². The number of ether oxygens (including phenoxy) is 1. The van der Waals surface area contributed by atoms with E-state index >= 15 is 0 Å². The topological polar surface area (TPSA) is 41.6 Å². The van der Waals surface area contributed by atoms with E-state index in [-0.39, 0.29) is 5.97 Å². The van der Waals surface area contributed by atoms with E-state index in [1.807, 2.05) is 6.92 Å². The zero-order chi connectivity index (χ0) is 15.5. The molecule has 2 rings (SSSR count). The number of likely N-dealkylation sites (tertiary alicyclic amines) is 1. The number of carbonyl (C=O) groups excluding carboxylic acids is 1. The Bertz CT molecular complexity index is 355. The summed E-state index contributed by atoms with van der Waals surface area (Å²) in [7, 11) is 1.49. The average Bonchev–Trinajstić information content (AvgIpc) is 3.12. The molecule has 1 aliphatic heterocycles. The molecule has 4 nitrogen and oxygen atoms in total. The number of rotatable bonds is 8. The summed E-state index contributed by atoms with van der Waals surface area (Å²) in [4.78, 5) is 14.7. The summed E-state index contributed by atoms with van der Waals surface area (Å²) in [6.07, 6.45) is 6.93. The Morgan fingerprint density at radius 2 is 2.10 bits per heavy atom. The Labute approximate surface area is 129 Å². The van der Waals surface area contributed by atoms with Crippen molar-refractivity contribution in [1.29, 1.82) is 0 Å². The van der Waals surface area contributed by atoms with Gasteiger partial charge in [-0.3, -0.25) is 10.1 Å². The fourth-order valence-electron chi connectivity index (χ4n) is 3.66. The Balaban J connectivity index is 1.82. The predicted octanol–water partition coefficient (Wildman–Crippen LogP) is 2.57. The minimum atomic E-state index is -0.511. The molecule has 1 aliphatic carbocycles. The molecular formula is C17H32N2O2. The first-order chi connectivity index (χ1) is 9.96. The molecule has 21 heavy (non-hydrogen) atoms. The zero-order valence-electron chi connectivity index (χ0n) is 14.2. The summed E-state index contributed by atoms with van der Waals surface area (Å²) in [5.41, 5.74) is -0.511. The van der Waals surface area contributed by atoms with Crippen molar-refractivity contribution >= 4 is 5.97 Å². The minimum Gasteiger partial charge on any atom is -0.468 e. The number of carbonyl (C=O) groups is 1. The van der Waals surface area contributed by atoms with Crippen LogP contribution in [-0.2, 0) is 9.53 Å². The molecule has 1 N–H and O–H groups in total. The van der Waals surface area contributed by atoms with Crippen molar-refractivity contribution in [1.82, 2.24) is 10.2 Å². The van der Waals surface area contributed by atoms with Crippen molar-refractivity contribution in [3.8, 4) is 0 Å². The second-order valence-corrected chi connectivity index (χ2v) is 7.34. The molecule has 122 valence electrons. The van der Waals surface area contributed by atoms with E-state index in [2.05, 4.69) is 24.1 Å². The van der Waals surface area contributed by atoms with Gasteiger partial charge in [-0.1, -0.05) is 13.8 Å². The summed E-state index contributed by atoms with van der Waals surface area (Å²) in [5.74, 6) is 0.611. The van der Waals surface area contributed by atoms with Crippen LogP contribution in [0.4, 0.5) is 0 Å². The number of methoxy groups -OCH3 is 1. The Hall–Kier alpha value is -0.610. The molecule has 0 aromatic carbocycles. The molecule has 1 saturated heterocycles. The van der Waals surface area contributed by atoms with Crippen LogP contribution in [0, 0.1) is 5.92 Å². The fraction of sp³-hybridized carbons (Fsp3) is 0.941. The maximum atomic E-state index is 12.1. The molecule has 1 saturated carbocycles. The van der Waals surface area contributed by atoms with Crippen LogP contribution in [0.15, 0.2) is 0 Å². The lowest BCUT2D eigenvalue weighted by Crippen LogP contribution is -2.51. The third kappa shape index (κ3) is 4.43. The Morgan fingerprint density at radius 1 is 1.38 bits per heavy atom. The second-order valence-electron chi connectivity index (χ2n) is 7.34. The van der Waals surface area contributed by atoms with E-state index in [1.165, 1.54) is 39.3 Å². The van der Waals surface area contributed by atoms with Crippen LogP contribution in [0.25, 0.3) is 0 Å². The highest BCUT2D eigenvalue weighted by Crippen LogP contribution is 2.27. The average molecular weight is 296 g/mol. The van der Waals surface area contributed by atoms with Crippen molar-refractivity contribution in [2.24, 2.45) is 5.92 Å². The highest BCUT2D eigenvalue weighted by atomic mass is 16.5. The van der Waals surface area contributed by atoms with Gasteiger partial charge in [0.25, 0.3) is 0 Å². The number of hydrogen-bond donors (Lipinski definition) is 1. The molecule has 0 aromatic heterocycles. The highest BCUT2D eigenvalue weighted by molar-refractivity contribution is 5.80. The fourth-order valence-corrected chi connectivity index (χ4v) is 3.66. The standard InChI is InChI=1S/C17H32N2O2/c1-13(2)15-7-5-11-19(15)12-6-10-17(3,16(20)21-4)18-14-8-9-14/h13-15,18H,5-12H2,1-4H3. The summed E-state index contributed by atoms with van der Waals surface area (Å²) < 4.78 is 5.01. The van der Waals surface area contributed by atoms with E-state index in [1.54, 1.807) is 0 Å². The second kappa shape index (κ2) is 7.10. The van der Waals surface area contributed by atoms with Gasteiger partial charge in [0.1, 0.15) is 5.54 Å². The first kappa shape index (κ1) is 16.8. The van der Waals surface area contributed by atoms with Crippen molar-refractivity contribution in [2.45, 2.75) is 76.9 Å². The molecule has 0 amide bonds. The summed E-state index contributed by atoms with van der Waals surface area (Å²) in [6.45, 7) is 8.95. The van der Waals surface area contributed by atoms with Gasteiger partial charge in [-0.2, -0.15) is 0 Å². The molecule has 4 heteroatoms. The molecule has 0 bridgehead atoms. The maximum absolute atomic E-state index is 12.1. The lowest BCUT2D eigenvalue weighted by Gasteiger charge is -2.31. The Morgan fingerprint density at radius 3 is 2.67 bits per heavy atom. The van der Waals surface area contributed by atoms with E-state index in [4.69, 9.17) is 4.74 Å². The first-order valence-electron chi connectivity index (χ1n) is 8.56. The SMILES string of the molecule is COC(=O)C(C)(CCCN1CCCC1C(C)C)NC1CC1. The van der Waals surface area contributed by atoms with E-state index in [0.29, 0.717) is 6.04 Å². The summed E-state index contributed by atoms with van der Waals surface area (Å²) in [5, 5.41) is 3.48. The predicted molar refractivity (Wildman–Crippen MR) is 85.2 cm³/mol. The molecule has 2 aliphatic rings. The van der Waals surface area contributed by atoms with E-state index < -0.39 is 5.54 Å². The monoisotopic (exact) mass is 296 g/mol. The lowest BCUT2D eigenvalue weighted by atomic mass is 9.95. The van der Waals surface area contributed by atoms with Crippen LogP contribution in [0.3, 0.4) is 0 Å². The van der Waals surface area contributed by atoms with Gasteiger partial charge in [0.15, 0.2) is 0 Å². The number of esters is 1. The van der Waals surface area contributed by atoms with Gasteiger partial charge in [-0.25, -0.2) is 0 Å². The van der Waals surface area contributed by atoms with Crippen molar-refractivity contribution in [3.05, 3.63) is 0 Å². The maximum Gasteiger partial charge on any atom is 0.325 e. The van der Waals surface area contributed by atoms with Crippen LogP contribution in [0.1, 0.15) is 59.3 Å². The van der Waals surface area contributed by atoms with Gasteiger partial charge >= 0.3 is 5.97 Å². The number of nitrogens with zero attached hydrogens (tertiary/aromatic N) is 1. The smallest absolute Gasteiger partial charge is 0.325 e. The highest BCUT2D eigenvalue weighted by Gasteiger charge is 2.39. The van der Waals surface area contributed by atoms with Gasteiger partial charge in [0.05, 0.1) is 7.11 Å². The van der Waals surface area contributed by atoms with E-state index in [9.17, 15) is 4.79 Å². The van der Waals surface area contributed by atoms with Gasteiger partial charge in [-0.05, 0) is 64.5 Å². The quantitative estimate of drug-likeness (QED) is 0.699. The van der Waals surface area contributed by atoms with Crippen LogP contribution >= 0.6 is 0 Å². The van der Waals surface area contributed by atoms with Gasteiger partial charge in [-0.15, -0.1) is 0 Å². The van der Waals surface area contributed by atoms with Crippen LogP contribution in [0.2, 0.25) is 0 Å². The number of nitrogens with one attached hydrogen (secondary N) is 1. The van der Waals surface area contributed by atoms with Crippen LogP contribution in [0.5, 0.6) is 0 Å². The van der Waals surface area contributed by atoms with E-state index in [0.717, 1.165) is 31.3 Å². The minimum absolute atomic E-state index is 0.115. The molecule has 0 aromatic rings. The van der Waals surface area contributed by atoms with Gasteiger partial charge in [0, 0.05) is 12.1 Å². The van der Waals surface area contributed by atoms with Gasteiger partial charge < -0.3 is 9.64 Å². The zero-order valence-corrected chi connectivity index (χ0v) is 14.2. The van der Waals surface area contributed by atoms with Crippen molar-refractivity contribution in [3.63, 3.8) is 0 Å². The molecule has 2 atom stereocenters. The normalized spacial score (nSPS) is 26.0. The largest absolute Gasteiger partial charge is 0.468 e. The molecule has 0 spiro atoms. The first-order valence-corrected chi connectivity index (χ1v) is 8.56. The summed E-state index contributed by atoms with van der Waals surface area (Å²) >= 11 is 0. The third-order valence-electron chi connectivity index (χ3n) is 5.04. The Kier molecular flexibility index (Phi) is 5.67.